The fraction of sp³-hybridized carbons (Fsp3) is 0.312. The van der Waals surface area contributed by atoms with E-state index < -0.39 is 6.04 Å². The smallest absolute Gasteiger partial charge is 0.256 e. The third kappa shape index (κ3) is 4.36. The summed E-state index contributed by atoms with van der Waals surface area (Å²) in [5.74, 6) is 0.116. The zero-order chi connectivity index (χ0) is 15.2. The number of nitrogens with two attached hydrogens (primary N) is 1. The standard InChI is InChI=1S/C16H20N4O/c1-11(2)8-14(17)16(21)20-19-10-12-5-6-15-13(9-12)4-3-7-18-15/h3-7,9-11,14H,8,17H2,1-2H3,(H,20,21)/t14-/m0/s1. The van der Waals surface area contributed by atoms with E-state index in [1.807, 2.05) is 44.2 Å². The monoisotopic (exact) mass is 284 g/mol. The topological polar surface area (TPSA) is 80.4 Å². The van der Waals surface area contributed by atoms with Crippen molar-refractivity contribution in [2.45, 2.75) is 26.3 Å². The van der Waals surface area contributed by atoms with Crippen molar-refractivity contribution in [3.8, 4) is 0 Å². The molecule has 2 rings (SSSR count). The molecule has 0 aliphatic carbocycles. The Hall–Kier alpha value is -2.27. The highest BCUT2D eigenvalue weighted by Gasteiger charge is 2.13. The second-order valence-electron chi connectivity index (χ2n) is 5.43. The largest absolute Gasteiger partial charge is 0.320 e. The molecule has 1 aromatic carbocycles. The van der Waals surface area contributed by atoms with Crippen molar-refractivity contribution in [3.05, 3.63) is 42.1 Å². The Labute approximate surface area is 124 Å². The number of amides is 1. The summed E-state index contributed by atoms with van der Waals surface area (Å²) in [6, 6.07) is 9.13. The molecule has 0 aliphatic rings. The summed E-state index contributed by atoms with van der Waals surface area (Å²) in [5.41, 5.74) is 10.1. The molecule has 5 nitrogen and oxygen atoms in total. The van der Waals surface area contributed by atoms with Crippen LogP contribution in [0.5, 0.6) is 0 Å². The number of pyridine rings is 1. The molecule has 1 aromatic heterocycles. The Kier molecular flexibility index (Phi) is 5.00. The van der Waals surface area contributed by atoms with Crippen LogP contribution in [-0.2, 0) is 4.79 Å². The molecule has 0 radical (unpaired) electrons. The summed E-state index contributed by atoms with van der Waals surface area (Å²) in [7, 11) is 0. The van der Waals surface area contributed by atoms with Crippen LogP contribution >= 0.6 is 0 Å². The van der Waals surface area contributed by atoms with E-state index in [4.69, 9.17) is 5.73 Å². The molecule has 0 saturated heterocycles. The van der Waals surface area contributed by atoms with Crippen molar-refractivity contribution in [3.63, 3.8) is 0 Å². The minimum atomic E-state index is -0.525. The highest BCUT2D eigenvalue weighted by Crippen LogP contribution is 2.11. The average molecular weight is 284 g/mol. The van der Waals surface area contributed by atoms with Gasteiger partial charge in [-0.25, -0.2) is 5.43 Å². The van der Waals surface area contributed by atoms with Gasteiger partial charge in [0, 0.05) is 11.6 Å². The number of carbonyl (C=O) groups is 1. The molecular weight excluding hydrogens is 264 g/mol. The summed E-state index contributed by atoms with van der Waals surface area (Å²) in [6.07, 6.45) is 4.00. The molecule has 2 aromatic rings. The maximum Gasteiger partial charge on any atom is 0.256 e. The minimum Gasteiger partial charge on any atom is -0.320 e. The third-order valence-corrected chi connectivity index (χ3v) is 3.08. The van der Waals surface area contributed by atoms with E-state index in [0.29, 0.717) is 12.3 Å². The number of hydrogen-bond donors (Lipinski definition) is 2. The van der Waals surface area contributed by atoms with Crippen LogP contribution in [0.4, 0.5) is 0 Å². The van der Waals surface area contributed by atoms with Crippen molar-refractivity contribution < 1.29 is 4.79 Å². The van der Waals surface area contributed by atoms with Crippen molar-refractivity contribution in [2.24, 2.45) is 16.8 Å². The average Bonchev–Trinajstić information content (AvgIpc) is 2.46. The highest BCUT2D eigenvalue weighted by molar-refractivity contribution is 5.89. The molecule has 3 N–H and O–H groups in total. The Bertz CT molecular complexity index is 652. The van der Waals surface area contributed by atoms with Gasteiger partial charge in [-0.05, 0) is 36.1 Å². The van der Waals surface area contributed by atoms with Gasteiger partial charge in [-0.1, -0.05) is 26.0 Å². The van der Waals surface area contributed by atoms with Gasteiger partial charge >= 0.3 is 0 Å². The van der Waals surface area contributed by atoms with Crippen LogP contribution in [0.3, 0.4) is 0 Å². The Morgan fingerprint density at radius 2 is 2.24 bits per heavy atom. The third-order valence-electron chi connectivity index (χ3n) is 3.08. The molecule has 5 heteroatoms. The zero-order valence-electron chi connectivity index (χ0n) is 12.3. The summed E-state index contributed by atoms with van der Waals surface area (Å²) in [6.45, 7) is 4.05. The lowest BCUT2D eigenvalue weighted by Gasteiger charge is -2.11. The van der Waals surface area contributed by atoms with Gasteiger partial charge in [-0.2, -0.15) is 5.10 Å². The first kappa shape index (κ1) is 15.1. The lowest BCUT2D eigenvalue weighted by atomic mass is 10.0. The van der Waals surface area contributed by atoms with E-state index >= 15 is 0 Å². The van der Waals surface area contributed by atoms with E-state index in [2.05, 4.69) is 15.5 Å². The maximum atomic E-state index is 11.7. The number of nitrogens with one attached hydrogen (secondary N) is 1. The van der Waals surface area contributed by atoms with Crippen LogP contribution in [-0.4, -0.2) is 23.1 Å². The number of carbonyl (C=O) groups excluding carboxylic acids is 1. The molecule has 110 valence electrons. The van der Waals surface area contributed by atoms with Gasteiger partial charge in [-0.3, -0.25) is 9.78 Å². The number of aromatic nitrogens is 1. The van der Waals surface area contributed by atoms with Crippen molar-refractivity contribution in [1.82, 2.24) is 10.4 Å². The molecule has 0 unspecified atom stereocenters. The lowest BCUT2D eigenvalue weighted by Crippen LogP contribution is -2.39. The fourth-order valence-corrected chi connectivity index (χ4v) is 2.04. The summed E-state index contributed by atoms with van der Waals surface area (Å²) < 4.78 is 0. The van der Waals surface area contributed by atoms with E-state index in [1.165, 1.54) is 0 Å². The quantitative estimate of drug-likeness (QED) is 0.651. The predicted octanol–water partition coefficient (Wildman–Crippen LogP) is 2.06. The molecular formula is C16H20N4O. The molecule has 0 fully saturated rings. The molecule has 0 spiro atoms. The van der Waals surface area contributed by atoms with E-state index in [9.17, 15) is 4.79 Å². The van der Waals surface area contributed by atoms with Crippen molar-refractivity contribution >= 4 is 23.0 Å². The van der Waals surface area contributed by atoms with Crippen LogP contribution < -0.4 is 11.2 Å². The first-order valence-corrected chi connectivity index (χ1v) is 6.99. The normalized spacial score (nSPS) is 13.0. The van der Waals surface area contributed by atoms with E-state index in [0.717, 1.165) is 16.5 Å². The van der Waals surface area contributed by atoms with Crippen LogP contribution in [0.2, 0.25) is 0 Å². The molecule has 21 heavy (non-hydrogen) atoms. The van der Waals surface area contributed by atoms with Gasteiger partial charge in [0.05, 0.1) is 17.8 Å². The number of fused-ring (bicyclic) bond motifs is 1. The van der Waals surface area contributed by atoms with Crippen LogP contribution in [0.25, 0.3) is 10.9 Å². The minimum absolute atomic E-state index is 0.262. The van der Waals surface area contributed by atoms with Gasteiger partial charge in [0.1, 0.15) is 0 Å². The molecule has 0 bridgehead atoms. The summed E-state index contributed by atoms with van der Waals surface area (Å²) in [4.78, 5) is 16.0. The second-order valence-corrected chi connectivity index (χ2v) is 5.43. The van der Waals surface area contributed by atoms with Gasteiger partial charge < -0.3 is 5.73 Å². The van der Waals surface area contributed by atoms with Gasteiger partial charge in [-0.15, -0.1) is 0 Å². The van der Waals surface area contributed by atoms with Gasteiger partial charge in [0.2, 0.25) is 0 Å². The molecule has 0 aliphatic heterocycles. The van der Waals surface area contributed by atoms with Gasteiger partial charge in [0.25, 0.3) is 5.91 Å². The SMILES string of the molecule is CC(C)C[C@H](N)C(=O)NN=Cc1ccc2ncccc2c1. The van der Waals surface area contributed by atoms with Crippen LogP contribution in [0.15, 0.2) is 41.6 Å². The van der Waals surface area contributed by atoms with Crippen LogP contribution in [0.1, 0.15) is 25.8 Å². The van der Waals surface area contributed by atoms with E-state index in [-0.39, 0.29) is 5.91 Å². The van der Waals surface area contributed by atoms with E-state index in [1.54, 1.807) is 12.4 Å². The number of hydrogen-bond acceptors (Lipinski definition) is 4. The fourth-order valence-electron chi connectivity index (χ4n) is 2.04. The Balaban J connectivity index is 1.98. The summed E-state index contributed by atoms with van der Waals surface area (Å²) in [5, 5.41) is 4.98. The number of nitrogens with zero attached hydrogens (tertiary/aromatic N) is 2. The highest BCUT2D eigenvalue weighted by atomic mass is 16.2. The number of benzene rings is 1. The zero-order valence-corrected chi connectivity index (χ0v) is 12.3. The van der Waals surface area contributed by atoms with Crippen molar-refractivity contribution in [2.75, 3.05) is 0 Å². The Morgan fingerprint density at radius 1 is 1.43 bits per heavy atom. The second kappa shape index (κ2) is 6.95. The first-order valence-electron chi connectivity index (χ1n) is 6.99. The lowest BCUT2D eigenvalue weighted by molar-refractivity contribution is -0.122. The maximum absolute atomic E-state index is 11.7. The molecule has 1 heterocycles. The molecule has 0 saturated carbocycles. The van der Waals surface area contributed by atoms with Gasteiger partial charge in [0.15, 0.2) is 0 Å². The van der Waals surface area contributed by atoms with Crippen LogP contribution in [0, 0.1) is 5.92 Å². The first-order chi connectivity index (χ1) is 10.1. The number of rotatable bonds is 5. The molecule has 1 amide bonds. The Morgan fingerprint density at radius 3 is 3.00 bits per heavy atom. The van der Waals surface area contributed by atoms with Crippen molar-refractivity contribution in [1.29, 1.82) is 0 Å². The predicted molar refractivity (Wildman–Crippen MR) is 84.9 cm³/mol. The summed E-state index contributed by atoms with van der Waals surface area (Å²) >= 11 is 0. The molecule has 1 atom stereocenters. The number of hydrazone groups is 1.